The molecule has 100 valence electrons. The molecule has 18 heavy (non-hydrogen) atoms. The number of benzene rings is 1. The molecule has 0 aliphatic carbocycles. The van der Waals surface area contributed by atoms with E-state index < -0.39 is 21.5 Å². The van der Waals surface area contributed by atoms with Crippen LogP contribution in [0.2, 0.25) is 5.02 Å². The van der Waals surface area contributed by atoms with Gasteiger partial charge in [-0.15, -0.1) is 0 Å². The molecule has 1 heterocycles. The summed E-state index contributed by atoms with van der Waals surface area (Å²) < 4.78 is 0.780. The second-order valence-electron chi connectivity index (χ2n) is 4.02. The van der Waals surface area contributed by atoms with Crippen molar-refractivity contribution in [2.24, 2.45) is 0 Å². The Bertz CT molecular complexity index is 508. The first-order valence-corrected chi connectivity index (χ1v) is 7.75. The number of carbonyl (C=O) groups is 1. The molecule has 0 fully saturated rings. The first-order chi connectivity index (χ1) is 8.41. The molecular formula is C11H12ClIN2O3-2. The van der Waals surface area contributed by atoms with Gasteiger partial charge in [0.25, 0.3) is 0 Å². The normalized spacial score (nSPS) is 14.4. The van der Waals surface area contributed by atoms with Crippen LogP contribution in [0.25, 0.3) is 0 Å². The fourth-order valence-electron chi connectivity index (χ4n) is 2.17. The van der Waals surface area contributed by atoms with E-state index in [0.717, 1.165) is 26.8 Å². The van der Waals surface area contributed by atoms with E-state index in [9.17, 15) is 10.0 Å². The molecule has 0 saturated carbocycles. The average molecular weight is 383 g/mol. The molecule has 1 aromatic carbocycles. The van der Waals surface area contributed by atoms with E-state index in [-0.39, 0.29) is 9.35 Å². The van der Waals surface area contributed by atoms with Crippen molar-refractivity contribution in [2.75, 3.05) is 11.4 Å². The van der Waals surface area contributed by atoms with Crippen LogP contribution in [0.15, 0.2) is 6.07 Å². The van der Waals surface area contributed by atoms with Gasteiger partial charge in [-0.3, -0.25) is 0 Å². The second kappa shape index (κ2) is 5.30. The molecule has 1 aliphatic rings. The van der Waals surface area contributed by atoms with Crippen LogP contribution in [0.4, 0.5) is 5.69 Å². The Labute approximate surface area is 120 Å². The van der Waals surface area contributed by atoms with Crippen LogP contribution in [0, 0.1) is 15.7 Å². The molecule has 7 heteroatoms. The summed E-state index contributed by atoms with van der Waals surface area (Å²) in [6.45, 7) is 4.03. The zero-order chi connectivity index (χ0) is 13.4. The Balaban J connectivity index is 2.50. The topological polar surface area (TPSA) is 66.8 Å². The molecule has 0 spiro atoms. The van der Waals surface area contributed by atoms with Crippen LogP contribution in [0.1, 0.15) is 18.1 Å². The van der Waals surface area contributed by atoms with Gasteiger partial charge in [0, 0.05) is 0 Å². The van der Waals surface area contributed by atoms with Crippen molar-refractivity contribution in [1.29, 1.82) is 0 Å². The molecule has 1 amide bonds. The van der Waals surface area contributed by atoms with Crippen LogP contribution in [-0.4, -0.2) is 21.1 Å². The van der Waals surface area contributed by atoms with Crippen molar-refractivity contribution in [1.82, 2.24) is 3.44 Å². The molecule has 0 aromatic heterocycles. The number of anilines is 1. The first kappa shape index (κ1) is 14.0. The van der Waals surface area contributed by atoms with Crippen molar-refractivity contribution in [3.63, 3.8) is 0 Å². The molecule has 0 atom stereocenters. The van der Waals surface area contributed by atoms with Crippen LogP contribution in [0.3, 0.4) is 0 Å². The van der Waals surface area contributed by atoms with Gasteiger partial charge in [-0.25, -0.2) is 0 Å². The molecular weight excluding hydrogens is 370 g/mol. The molecule has 1 N–H and O–H groups in total. The number of halogens is 2. The van der Waals surface area contributed by atoms with Gasteiger partial charge in [-0.1, -0.05) is 0 Å². The number of carbonyl (C=O) groups excluding carboxylic acids is 1. The molecule has 0 saturated heterocycles. The minimum absolute atomic E-state index is 0.0123. The van der Waals surface area contributed by atoms with E-state index in [1.807, 2.05) is 6.92 Å². The monoisotopic (exact) mass is 382 g/mol. The fourth-order valence-corrected chi connectivity index (χ4v) is 4.26. The maximum absolute atomic E-state index is 11.5. The predicted molar refractivity (Wildman–Crippen MR) is 63.6 cm³/mol. The van der Waals surface area contributed by atoms with Gasteiger partial charge in [0.15, 0.2) is 0 Å². The van der Waals surface area contributed by atoms with E-state index in [4.69, 9.17) is 16.8 Å². The third-order valence-corrected chi connectivity index (χ3v) is 5.32. The zero-order valence-corrected chi connectivity index (χ0v) is 12.8. The van der Waals surface area contributed by atoms with E-state index >= 15 is 0 Å². The summed E-state index contributed by atoms with van der Waals surface area (Å²) in [4.78, 5) is 13.2. The summed E-state index contributed by atoms with van der Waals surface area (Å²) >= 11 is 5.03. The molecule has 5 nitrogen and oxygen atoms in total. The van der Waals surface area contributed by atoms with Gasteiger partial charge < -0.3 is 0 Å². The molecule has 1 aliphatic heterocycles. The van der Waals surface area contributed by atoms with Gasteiger partial charge in [0.05, 0.1) is 0 Å². The third kappa shape index (κ3) is 2.48. The Morgan fingerprint density at radius 2 is 2.33 bits per heavy atom. The number of nitrogens with zero attached hydrogens (tertiary/aromatic N) is 2. The van der Waals surface area contributed by atoms with E-state index in [1.165, 1.54) is 6.92 Å². The Morgan fingerprint density at radius 3 is 2.89 bits per heavy atom. The van der Waals surface area contributed by atoms with Crippen molar-refractivity contribution in [3.8, 4) is 0 Å². The van der Waals surface area contributed by atoms with Gasteiger partial charge in [-0.05, 0) is 0 Å². The summed E-state index contributed by atoms with van der Waals surface area (Å²) in [5.41, 5.74) is 2.72. The molecule has 0 bridgehead atoms. The molecule has 1 aromatic rings. The van der Waals surface area contributed by atoms with Gasteiger partial charge in [0.1, 0.15) is 0 Å². The Morgan fingerprint density at radius 1 is 1.67 bits per heavy atom. The van der Waals surface area contributed by atoms with Gasteiger partial charge in [-0.2, -0.15) is 0 Å². The zero-order valence-electron chi connectivity index (χ0n) is 9.91. The second-order valence-corrected chi connectivity index (χ2v) is 6.90. The van der Waals surface area contributed by atoms with Crippen molar-refractivity contribution in [2.45, 2.75) is 20.3 Å². The van der Waals surface area contributed by atoms with Crippen molar-refractivity contribution >= 4 is 23.2 Å². The van der Waals surface area contributed by atoms with E-state index in [1.54, 1.807) is 11.0 Å². The summed E-state index contributed by atoms with van der Waals surface area (Å²) in [7, 11) is 0. The van der Waals surface area contributed by atoms with E-state index in [2.05, 4.69) is 0 Å². The molecule has 0 unspecified atom stereocenters. The first-order valence-electron chi connectivity index (χ1n) is 5.33. The summed E-state index contributed by atoms with van der Waals surface area (Å²) in [6.07, 6.45) is 0.738. The number of hydrogen-bond acceptors (Lipinski definition) is 4. The van der Waals surface area contributed by atoms with Gasteiger partial charge >= 0.3 is 121 Å². The van der Waals surface area contributed by atoms with Crippen molar-refractivity contribution in [3.05, 3.63) is 31.0 Å². The van der Waals surface area contributed by atoms with Crippen LogP contribution in [0.5, 0.6) is 0 Å². The standard InChI is InChI=1S/C11H12ClIN2O3/c1-6-8-3-4-14(7(2)16)11(8)9(12)5-10(6)13-15(17)18/h5,17H,3-4H2,1-2H3/q-2. The Hall–Kier alpha value is -0.410. The summed E-state index contributed by atoms with van der Waals surface area (Å²) in [5.74, 6) is -0.0369. The minimum atomic E-state index is -1.16. The number of fused-ring (bicyclic) bond motifs is 1. The quantitative estimate of drug-likeness (QED) is 0.401. The molecule has 2 rings (SSSR count). The van der Waals surface area contributed by atoms with Crippen LogP contribution < -0.4 is 26.4 Å². The summed E-state index contributed by atoms with van der Waals surface area (Å²) in [5, 5.41) is 20.1. The molecule has 0 radical (unpaired) electrons. The predicted octanol–water partition coefficient (Wildman–Crippen LogP) is -1.08. The fraction of sp³-hybridized carbons (Fsp3) is 0.364. The van der Waals surface area contributed by atoms with Gasteiger partial charge in [0.2, 0.25) is 0 Å². The number of amides is 1. The average Bonchev–Trinajstić information content (AvgIpc) is 2.69. The SMILES string of the molecule is CC(=O)N1CCc2c(C)c([I-]N([O-])O)cc(Cl)c21. The van der Waals surface area contributed by atoms with Crippen LogP contribution in [-0.2, 0) is 11.2 Å². The van der Waals surface area contributed by atoms with Crippen LogP contribution >= 0.6 is 11.6 Å². The maximum atomic E-state index is 11.5. The Kier molecular flexibility index (Phi) is 4.12. The summed E-state index contributed by atoms with van der Waals surface area (Å²) in [6, 6.07) is 1.69. The number of rotatable bonds is 2. The van der Waals surface area contributed by atoms with Crippen molar-refractivity contribution < 1.29 is 31.5 Å². The number of hydrogen-bond donors (Lipinski definition) is 1. The van der Waals surface area contributed by atoms with E-state index in [0.29, 0.717) is 11.6 Å². The third-order valence-electron chi connectivity index (χ3n) is 2.98.